The van der Waals surface area contributed by atoms with Crippen molar-refractivity contribution in [1.82, 2.24) is 20.1 Å². The second-order valence-corrected chi connectivity index (χ2v) is 7.11. The summed E-state index contributed by atoms with van der Waals surface area (Å²) in [6.45, 7) is 8.82. The highest BCUT2D eigenvalue weighted by Crippen LogP contribution is 2.23. The lowest BCUT2D eigenvalue weighted by Gasteiger charge is -2.12. The Morgan fingerprint density at radius 1 is 1.28 bits per heavy atom. The molecule has 25 heavy (non-hydrogen) atoms. The Bertz CT molecular complexity index is 879. The molecular formula is C19H22N4OS. The van der Waals surface area contributed by atoms with Gasteiger partial charge in [-0.05, 0) is 45.4 Å². The number of amides is 1. The van der Waals surface area contributed by atoms with Crippen molar-refractivity contribution in [2.45, 2.75) is 40.3 Å². The van der Waals surface area contributed by atoms with Crippen molar-refractivity contribution < 1.29 is 4.79 Å². The van der Waals surface area contributed by atoms with E-state index >= 15 is 0 Å². The van der Waals surface area contributed by atoms with E-state index in [-0.39, 0.29) is 11.9 Å². The molecule has 0 aliphatic heterocycles. The highest BCUT2D eigenvalue weighted by atomic mass is 32.1. The van der Waals surface area contributed by atoms with Crippen LogP contribution in [-0.4, -0.2) is 20.7 Å². The van der Waals surface area contributed by atoms with Crippen LogP contribution in [0.5, 0.6) is 0 Å². The largest absolute Gasteiger partial charge is 0.344 e. The molecule has 0 aliphatic carbocycles. The van der Waals surface area contributed by atoms with Crippen LogP contribution in [0.25, 0.3) is 11.1 Å². The third-order valence-corrected chi connectivity index (χ3v) is 4.95. The first kappa shape index (κ1) is 17.4. The first-order valence-electron chi connectivity index (χ1n) is 8.35. The van der Waals surface area contributed by atoms with E-state index in [9.17, 15) is 4.79 Å². The van der Waals surface area contributed by atoms with Crippen LogP contribution in [0.3, 0.4) is 0 Å². The summed E-state index contributed by atoms with van der Waals surface area (Å²) >= 11 is 1.59. The van der Waals surface area contributed by atoms with Crippen molar-refractivity contribution in [1.29, 1.82) is 0 Å². The predicted octanol–water partition coefficient (Wildman–Crippen LogP) is 4.13. The van der Waals surface area contributed by atoms with Gasteiger partial charge in [-0.1, -0.05) is 12.1 Å². The van der Waals surface area contributed by atoms with Gasteiger partial charge in [-0.15, -0.1) is 11.3 Å². The molecule has 0 fully saturated rings. The number of rotatable bonds is 5. The number of aryl methyl sites for hydroxylation is 3. The summed E-state index contributed by atoms with van der Waals surface area (Å²) in [6, 6.07) is 7.54. The minimum Gasteiger partial charge on any atom is -0.344 e. The van der Waals surface area contributed by atoms with Crippen LogP contribution in [0.15, 0.2) is 35.8 Å². The maximum atomic E-state index is 12.4. The number of hydrogen-bond acceptors (Lipinski definition) is 4. The van der Waals surface area contributed by atoms with Crippen molar-refractivity contribution in [3.8, 4) is 11.1 Å². The van der Waals surface area contributed by atoms with Crippen molar-refractivity contribution >= 4 is 17.2 Å². The average Bonchev–Trinajstić information content (AvgIpc) is 3.20. The Balaban J connectivity index is 1.73. The van der Waals surface area contributed by atoms with Crippen LogP contribution in [-0.2, 0) is 6.54 Å². The van der Waals surface area contributed by atoms with Gasteiger partial charge in [0, 0.05) is 29.2 Å². The SMILES string of the molecule is CCn1cc(-c2ccc(C(=O)NC(C)c3csc(C)n3)cc2)c(C)n1. The number of aromatic nitrogens is 3. The van der Waals surface area contributed by atoms with Gasteiger partial charge in [-0.2, -0.15) is 5.10 Å². The number of nitrogens with zero attached hydrogens (tertiary/aromatic N) is 3. The Morgan fingerprint density at radius 3 is 2.56 bits per heavy atom. The zero-order valence-corrected chi connectivity index (χ0v) is 15.7. The summed E-state index contributed by atoms with van der Waals surface area (Å²) in [7, 11) is 0. The van der Waals surface area contributed by atoms with Crippen molar-refractivity contribution in [3.05, 3.63) is 57.8 Å². The second-order valence-electron chi connectivity index (χ2n) is 6.05. The van der Waals surface area contributed by atoms with Crippen LogP contribution in [0.4, 0.5) is 0 Å². The molecule has 1 N–H and O–H groups in total. The summed E-state index contributed by atoms with van der Waals surface area (Å²) in [5.74, 6) is -0.0920. The quantitative estimate of drug-likeness (QED) is 0.749. The Hall–Kier alpha value is -2.47. The fraction of sp³-hybridized carbons (Fsp3) is 0.316. The third kappa shape index (κ3) is 3.79. The molecule has 0 aliphatic rings. The number of carbonyl (C=O) groups excluding carboxylic acids is 1. The molecular weight excluding hydrogens is 332 g/mol. The average molecular weight is 354 g/mol. The Labute approximate surface area is 151 Å². The van der Waals surface area contributed by atoms with Gasteiger partial charge in [0.15, 0.2) is 0 Å². The van der Waals surface area contributed by atoms with E-state index < -0.39 is 0 Å². The molecule has 0 spiro atoms. The van der Waals surface area contributed by atoms with Gasteiger partial charge in [0.05, 0.1) is 22.4 Å². The summed E-state index contributed by atoms with van der Waals surface area (Å²) in [5, 5.41) is 10.5. The molecule has 3 aromatic rings. The molecule has 0 radical (unpaired) electrons. The van der Waals surface area contributed by atoms with Crippen LogP contribution >= 0.6 is 11.3 Å². The number of nitrogens with one attached hydrogen (secondary N) is 1. The summed E-state index contributed by atoms with van der Waals surface area (Å²) in [4.78, 5) is 16.9. The van der Waals surface area contributed by atoms with Gasteiger partial charge in [0.25, 0.3) is 5.91 Å². The highest BCUT2D eigenvalue weighted by molar-refractivity contribution is 7.09. The zero-order chi connectivity index (χ0) is 18.0. The molecule has 1 aromatic carbocycles. The van der Waals surface area contributed by atoms with E-state index in [0.717, 1.165) is 34.1 Å². The Morgan fingerprint density at radius 2 is 2.00 bits per heavy atom. The van der Waals surface area contributed by atoms with Crippen LogP contribution in [0.1, 0.15) is 46.6 Å². The molecule has 0 saturated heterocycles. The molecule has 1 amide bonds. The second kappa shape index (κ2) is 7.19. The molecule has 130 valence electrons. The summed E-state index contributed by atoms with van der Waals surface area (Å²) < 4.78 is 1.92. The van der Waals surface area contributed by atoms with E-state index in [1.807, 2.05) is 61.3 Å². The minimum absolute atomic E-state index is 0.0920. The monoisotopic (exact) mass is 354 g/mol. The summed E-state index contributed by atoms with van der Waals surface area (Å²) in [5.41, 5.74) is 4.70. The number of carbonyl (C=O) groups is 1. The fourth-order valence-corrected chi connectivity index (χ4v) is 3.40. The normalized spacial score (nSPS) is 12.2. The molecule has 3 rings (SSSR count). The van der Waals surface area contributed by atoms with Crippen molar-refractivity contribution in [2.75, 3.05) is 0 Å². The number of hydrogen-bond donors (Lipinski definition) is 1. The lowest BCUT2D eigenvalue weighted by atomic mass is 10.0. The van der Waals surface area contributed by atoms with Gasteiger partial charge in [0.2, 0.25) is 0 Å². The molecule has 1 unspecified atom stereocenters. The molecule has 2 heterocycles. The molecule has 0 bridgehead atoms. The maximum absolute atomic E-state index is 12.4. The standard InChI is InChI=1S/C19H22N4OS/c1-5-23-10-17(12(2)22-23)15-6-8-16(9-7-15)19(24)20-13(3)18-11-25-14(4)21-18/h6-11,13H,5H2,1-4H3,(H,20,24). The fourth-order valence-electron chi connectivity index (χ4n) is 2.70. The molecule has 2 aromatic heterocycles. The van der Waals surface area contributed by atoms with Crippen LogP contribution in [0.2, 0.25) is 0 Å². The van der Waals surface area contributed by atoms with E-state index in [4.69, 9.17) is 0 Å². The Kier molecular flexibility index (Phi) is 4.99. The third-order valence-electron chi connectivity index (χ3n) is 4.16. The van der Waals surface area contributed by atoms with Crippen molar-refractivity contribution in [2.24, 2.45) is 0 Å². The molecule has 6 heteroatoms. The van der Waals surface area contributed by atoms with E-state index in [0.29, 0.717) is 5.56 Å². The van der Waals surface area contributed by atoms with Gasteiger partial charge in [-0.3, -0.25) is 9.48 Å². The smallest absolute Gasteiger partial charge is 0.251 e. The highest BCUT2D eigenvalue weighted by Gasteiger charge is 2.14. The van der Waals surface area contributed by atoms with E-state index in [1.165, 1.54) is 0 Å². The van der Waals surface area contributed by atoms with E-state index in [1.54, 1.807) is 11.3 Å². The maximum Gasteiger partial charge on any atom is 0.251 e. The van der Waals surface area contributed by atoms with Gasteiger partial charge in [-0.25, -0.2) is 4.98 Å². The molecule has 5 nitrogen and oxygen atoms in total. The number of thiazole rings is 1. The lowest BCUT2D eigenvalue weighted by molar-refractivity contribution is 0.0939. The first-order valence-corrected chi connectivity index (χ1v) is 9.23. The minimum atomic E-state index is -0.109. The first-order chi connectivity index (χ1) is 12.0. The molecule has 1 atom stereocenters. The van der Waals surface area contributed by atoms with E-state index in [2.05, 4.69) is 22.3 Å². The lowest BCUT2D eigenvalue weighted by Crippen LogP contribution is -2.26. The topological polar surface area (TPSA) is 59.8 Å². The molecule has 0 saturated carbocycles. The van der Waals surface area contributed by atoms with Gasteiger partial charge >= 0.3 is 0 Å². The van der Waals surface area contributed by atoms with Crippen LogP contribution in [0, 0.1) is 13.8 Å². The summed E-state index contributed by atoms with van der Waals surface area (Å²) in [6.07, 6.45) is 2.04. The van der Waals surface area contributed by atoms with Gasteiger partial charge < -0.3 is 5.32 Å². The predicted molar refractivity (Wildman–Crippen MR) is 101 cm³/mol. The van der Waals surface area contributed by atoms with Gasteiger partial charge in [0.1, 0.15) is 0 Å². The zero-order valence-electron chi connectivity index (χ0n) is 14.9. The van der Waals surface area contributed by atoms with Crippen molar-refractivity contribution in [3.63, 3.8) is 0 Å². The van der Waals surface area contributed by atoms with Crippen LogP contribution < -0.4 is 5.32 Å². The number of benzene rings is 1.